The van der Waals surface area contributed by atoms with Gasteiger partial charge in [0.2, 0.25) is 0 Å². The molecule has 5 aliphatic rings. The molecule has 0 radical (unpaired) electrons. The molecule has 8 atom stereocenters. The standard InChI is InChI=1S/C21H34O4/c1-19-8-7-17(22)18(23)16(19)4-3-13-14(19)5-9-20(2)15(13)6-10-21(20)24-11-12-25-21/h13-18,22-23H,3-12H2,1-2H3/t13-,14+,15+,16+,17+,18+,19-,20+/m1/s1. The fraction of sp³-hybridized carbons (Fsp3) is 1.00. The van der Waals surface area contributed by atoms with Crippen LogP contribution in [0.25, 0.3) is 0 Å². The summed E-state index contributed by atoms with van der Waals surface area (Å²) in [6.45, 7) is 6.35. The van der Waals surface area contributed by atoms with Gasteiger partial charge in [0.25, 0.3) is 0 Å². The van der Waals surface area contributed by atoms with Crippen molar-refractivity contribution in [2.24, 2.45) is 34.5 Å². The fourth-order valence-corrected chi connectivity index (χ4v) is 8.20. The fourth-order valence-electron chi connectivity index (χ4n) is 8.20. The first-order valence-electron chi connectivity index (χ1n) is 10.6. The maximum atomic E-state index is 10.6. The van der Waals surface area contributed by atoms with Crippen LogP contribution in [0.4, 0.5) is 0 Å². The third-order valence-electron chi connectivity index (χ3n) is 9.53. The summed E-state index contributed by atoms with van der Waals surface area (Å²) in [5.74, 6) is 2.06. The Morgan fingerprint density at radius 1 is 0.760 bits per heavy atom. The predicted molar refractivity (Wildman–Crippen MR) is 93.8 cm³/mol. The van der Waals surface area contributed by atoms with E-state index in [1.165, 1.54) is 25.7 Å². The van der Waals surface area contributed by atoms with Gasteiger partial charge in [-0.1, -0.05) is 13.8 Å². The van der Waals surface area contributed by atoms with Crippen molar-refractivity contribution >= 4 is 0 Å². The van der Waals surface area contributed by atoms with Crippen LogP contribution in [0, 0.1) is 34.5 Å². The van der Waals surface area contributed by atoms with Crippen LogP contribution in [0.15, 0.2) is 0 Å². The van der Waals surface area contributed by atoms with Crippen LogP contribution in [0.1, 0.15) is 65.2 Å². The highest BCUT2D eigenvalue weighted by atomic mass is 16.7. The number of hydrogen-bond acceptors (Lipinski definition) is 4. The largest absolute Gasteiger partial charge is 0.390 e. The summed E-state index contributed by atoms with van der Waals surface area (Å²) in [5, 5.41) is 20.8. The molecule has 0 unspecified atom stereocenters. The van der Waals surface area contributed by atoms with Crippen molar-refractivity contribution in [3.8, 4) is 0 Å². The summed E-state index contributed by atoms with van der Waals surface area (Å²) >= 11 is 0. The maximum Gasteiger partial charge on any atom is 0.174 e. The summed E-state index contributed by atoms with van der Waals surface area (Å²) in [5.41, 5.74) is 0.344. The molecule has 4 nitrogen and oxygen atoms in total. The van der Waals surface area contributed by atoms with Gasteiger partial charge in [-0.2, -0.15) is 0 Å². The summed E-state index contributed by atoms with van der Waals surface area (Å²) in [7, 11) is 0. The Bertz CT molecular complexity index is 544. The molecule has 4 aliphatic carbocycles. The molecule has 2 N–H and O–H groups in total. The van der Waals surface area contributed by atoms with Gasteiger partial charge in [-0.15, -0.1) is 0 Å². The number of aliphatic hydroxyl groups is 2. The van der Waals surface area contributed by atoms with Gasteiger partial charge >= 0.3 is 0 Å². The van der Waals surface area contributed by atoms with E-state index in [2.05, 4.69) is 13.8 Å². The Kier molecular flexibility index (Phi) is 3.69. The van der Waals surface area contributed by atoms with E-state index < -0.39 is 12.2 Å². The number of hydrogen-bond donors (Lipinski definition) is 2. The molecule has 0 aromatic rings. The molecule has 0 aromatic heterocycles. The van der Waals surface area contributed by atoms with Gasteiger partial charge in [0, 0.05) is 11.8 Å². The molecule has 4 heteroatoms. The number of rotatable bonds is 0. The van der Waals surface area contributed by atoms with Crippen molar-refractivity contribution in [1.82, 2.24) is 0 Å². The average Bonchev–Trinajstić information content (AvgIpc) is 3.18. The molecule has 1 saturated heterocycles. The normalized spacial score (nSPS) is 57.1. The lowest BCUT2D eigenvalue weighted by molar-refractivity contribution is -0.251. The average molecular weight is 350 g/mol. The predicted octanol–water partition coefficient (Wildman–Crippen LogP) is 3.10. The highest BCUT2D eigenvalue weighted by molar-refractivity contribution is 5.13. The van der Waals surface area contributed by atoms with E-state index >= 15 is 0 Å². The van der Waals surface area contributed by atoms with Gasteiger partial charge in [-0.3, -0.25) is 0 Å². The third-order valence-corrected chi connectivity index (χ3v) is 9.53. The van der Waals surface area contributed by atoms with Gasteiger partial charge in [0.05, 0.1) is 25.4 Å². The van der Waals surface area contributed by atoms with Crippen LogP contribution in [0.3, 0.4) is 0 Å². The zero-order valence-corrected chi connectivity index (χ0v) is 15.7. The van der Waals surface area contributed by atoms with E-state index in [0.29, 0.717) is 11.8 Å². The Balaban J connectivity index is 1.46. The first-order chi connectivity index (χ1) is 11.9. The summed E-state index contributed by atoms with van der Waals surface area (Å²) < 4.78 is 12.4. The van der Waals surface area contributed by atoms with E-state index in [4.69, 9.17) is 9.47 Å². The zero-order valence-electron chi connectivity index (χ0n) is 15.7. The number of fused-ring (bicyclic) bond motifs is 6. The molecule has 25 heavy (non-hydrogen) atoms. The van der Waals surface area contributed by atoms with Crippen molar-refractivity contribution in [3.05, 3.63) is 0 Å². The number of aliphatic hydroxyl groups excluding tert-OH is 2. The minimum atomic E-state index is -0.524. The second kappa shape index (κ2) is 5.43. The molecule has 0 bridgehead atoms. The third kappa shape index (κ3) is 2.03. The molecule has 0 aromatic carbocycles. The Morgan fingerprint density at radius 2 is 1.48 bits per heavy atom. The summed E-state index contributed by atoms with van der Waals surface area (Å²) in [6.07, 6.45) is 7.74. The first kappa shape index (κ1) is 17.0. The SMILES string of the molecule is C[C@]12CC[C@H](O)[C@@H](O)[C@@H]1CC[C@@H]1[C@@H]2CC[C@@]2(C)[C@H]1CCC21OCCO1. The van der Waals surface area contributed by atoms with Crippen LogP contribution in [0.2, 0.25) is 0 Å². The van der Waals surface area contributed by atoms with Crippen LogP contribution in [-0.4, -0.2) is 41.4 Å². The number of ether oxygens (including phenoxy) is 2. The van der Waals surface area contributed by atoms with Crippen molar-refractivity contribution in [2.45, 2.75) is 83.2 Å². The quantitative estimate of drug-likeness (QED) is 0.705. The first-order valence-corrected chi connectivity index (χ1v) is 10.6. The van der Waals surface area contributed by atoms with Gasteiger partial charge in [-0.05, 0) is 74.0 Å². The van der Waals surface area contributed by atoms with Crippen molar-refractivity contribution in [3.63, 3.8) is 0 Å². The van der Waals surface area contributed by atoms with Crippen LogP contribution in [-0.2, 0) is 9.47 Å². The van der Waals surface area contributed by atoms with E-state index in [-0.39, 0.29) is 22.5 Å². The van der Waals surface area contributed by atoms with Crippen LogP contribution >= 0.6 is 0 Å². The molecular weight excluding hydrogens is 316 g/mol. The lowest BCUT2D eigenvalue weighted by Gasteiger charge is -2.62. The Morgan fingerprint density at radius 3 is 2.24 bits per heavy atom. The Labute approximate surface area is 151 Å². The van der Waals surface area contributed by atoms with Crippen molar-refractivity contribution in [2.75, 3.05) is 13.2 Å². The molecule has 1 heterocycles. The molecule has 1 aliphatic heterocycles. The van der Waals surface area contributed by atoms with Crippen LogP contribution in [0.5, 0.6) is 0 Å². The molecule has 1 spiro atoms. The molecular formula is C21H34O4. The van der Waals surface area contributed by atoms with Gasteiger partial charge in [0.15, 0.2) is 5.79 Å². The minimum Gasteiger partial charge on any atom is -0.390 e. The monoisotopic (exact) mass is 350 g/mol. The zero-order chi connectivity index (χ0) is 17.4. The molecule has 0 amide bonds. The molecule has 142 valence electrons. The van der Waals surface area contributed by atoms with Crippen molar-refractivity contribution in [1.29, 1.82) is 0 Å². The van der Waals surface area contributed by atoms with E-state index in [9.17, 15) is 10.2 Å². The highest BCUT2D eigenvalue weighted by Crippen LogP contribution is 2.69. The second-order valence-corrected chi connectivity index (χ2v) is 10.1. The maximum absolute atomic E-state index is 10.6. The summed E-state index contributed by atoms with van der Waals surface area (Å²) in [6, 6.07) is 0. The summed E-state index contributed by atoms with van der Waals surface area (Å²) in [4.78, 5) is 0. The van der Waals surface area contributed by atoms with E-state index in [1.54, 1.807) is 0 Å². The molecule has 5 fully saturated rings. The lowest BCUT2D eigenvalue weighted by atomic mass is 9.44. The van der Waals surface area contributed by atoms with E-state index in [0.717, 1.165) is 44.8 Å². The lowest BCUT2D eigenvalue weighted by Crippen LogP contribution is -2.60. The van der Waals surface area contributed by atoms with Crippen molar-refractivity contribution < 1.29 is 19.7 Å². The second-order valence-electron chi connectivity index (χ2n) is 10.1. The van der Waals surface area contributed by atoms with E-state index in [1.807, 2.05) is 0 Å². The molecule has 4 saturated carbocycles. The van der Waals surface area contributed by atoms with Gasteiger partial charge in [-0.25, -0.2) is 0 Å². The van der Waals surface area contributed by atoms with Gasteiger partial charge in [0.1, 0.15) is 0 Å². The van der Waals surface area contributed by atoms with Gasteiger partial charge < -0.3 is 19.7 Å². The van der Waals surface area contributed by atoms with Crippen LogP contribution < -0.4 is 0 Å². The Hall–Kier alpha value is -0.160. The minimum absolute atomic E-state index is 0.153. The topological polar surface area (TPSA) is 58.9 Å². The smallest absolute Gasteiger partial charge is 0.174 e. The molecule has 5 rings (SSSR count). The highest BCUT2D eigenvalue weighted by Gasteiger charge is 2.67.